The van der Waals surface area contributed by atoms with Gasteiger partial charge in [-0.05, 0) is 139 Å². The van der Waals surface area contributed by atoms with Gasteiger partial charge in [-0.15, -0.1) is 0 Å². The number of aromatic hydroxyl groups is 8. The number of halogens is 2. The lowest BCUT2D eigenvalue weighted by Gasteiger charge is -2.06. The Hall–Kier alpha value is -11.3. The minimum Gasteiger partial charge on any atom is -0.508 e. The van der Waals surface area contributed by atoms with Crippen LogP contribution in [-0.2, 0) is 64.0 Å². The van der Waals surface area contributed by atoms with Crippen molar-refractivity contribution in [2.75, 3.05) is 39.0 Å². The van der Waals surface area contributed by atoms with E-state index in [2.05, 4.69) is 31.9 Å². The lowest BCUT2D eigenvalue weighted by Crippen LogP contribution is -2.05. The number of phenols is 8. The van der Waals surface area contributed by atoms with Gasteiger partial charge >= 0.3 is 0 Å². The lowest BCUT2D eigenvalue weighted by atomic mass is 10.1. The molecule has 1 aliphatic carbocycles. The third-order valence-electron chi connectivity index (χ3n) is 11.8. The first-order chi connectivity index (χ1) is 43.8. The monoisotopic (exact) mass is 1310 g/mol. The van der Waals surface area contributed by atoms with Gasteiger partial charge in [-0.25, -0.2) is 0 Å². The molecule has 0 bridgehead atoms. The summed E-state index contributed by atoms with van der Waals surface area (Å²) in [5, 5.41) is 88.7. The second-order valence-electron chi connectivity index (χ2n) is 20.1. The van der Waals surface area contributed by atoms with Gasteiger partial charge in [0, 0.05) is 88.6 Å². The summed E-state index contributed by atoms with van der Waals surface area (Å²) in [6, 6.07) is 42.1. The highest BCUT2D eigenvalue weighted by Gasteiger charge is 2.20. The number of benzene rings is 8. The van der Waals surface area contributed by atoms with E-state index in [-0.39, 0.29) is 103 Å². The van der Waals surface area contributed by atoms with Gasteiger partial charge in [0.1, 0.15) is 51.8 Å². The molecule has 0 aromatic heterocycles. The van der Waals surface area contributed by atoms with Gasteiger partial charge in [-0.3, -0.25) is 38.4 Å². The number of aryl methyl sites for hydroxylation is 1. The molecule has 6 amide bonds. The molecule has 0 unspecified atom stereocenters. The number of fused-ring (bicyclic) bond motifs is 2. The van der Waals surface area contributed by atoms with Crippen molar-refractivity contribution in [3.63, 3.8) is 0 Å². The number of ether oxygens (including phenoxy) is 1. The molecule has 490 valence electrons. The third kappa shape index (κ3) is 29.3. The molecule has 23 nitrogen and oxygen atoms in total. The van der Waals surface area contributed by atoms with Crippen LogP contribution in [0.2, 0.25) is 10.0 Å². The van der Waals surface area contributed by atoms with E-state index >= 15 is 0 Å². The van der Waals surface area contributed by atoms with Crippen LogP contribution in [0.4, 0.5) is 34.1 Å². The van der Waals surface area contributed by atoms with Crippen molar-refractivity contribution in [2.24, 2.45) is 0 Å². The maximum absolute atomic E-state index is 10.9. The zero-order chi connectivity index (χ0) is 69.5. The number of nitrogens with one attached hydrogen (secondary N) is 6. The van der Waals surface area contributed by atoms with Crippen LogP contribution >= 0.6 is 23.2 Å². The van der Waals surface area contributed by atoms with E-state index in [4.69, 9.17) is 48.4 Å². The zero-order valence-electron chi connectivity index (χ0n) is 51.8. The molecule has 1 heterocycles. The minimum absolute atomic E-state index is 0.0542. The fourth-order valence-corrected chi connectivity index (χ4v) is 8.29. The summed E-state index contributed by atoms with van der Waals surface area (Å²) in [6.07, 6.45) is 1.69. The average molecular weight is 1320 g/mol. The van der Waals surface area contributed by atoms with Crippen molar-refractivity contribution in [3.05, 3.63) is 196 Å². The molecule has 93 heavy (non-hydrogen) atoms. The van der Waals surface area contributed by atoms with Crippen LogP contribution < -0.4 is 36.6 Å². The highest BCUT2D eigenvalue weighted by atomic mass is 35.5. The van der Waals surface area contributed by atoms with Gasteiger partial charge in [0.25, 0.3) is 0 Å². The van der Waals surface area contributed by atoms with Crippen LogP contribution in [0, 0.1) is 6.92 Å². The van der Waals surface area contributed by atoms with Gasteiger partial charge in [0.2, 0.25) is 35.4 Å². The number of hydrogen-bond acceptors (Lipinski definition) is 17. The highest BCUT2D eigenvalue weighted by Crippen LogP contribution is 2.34. The van der Waals surface area contributed by atoms with Crippen LogP contribution in [0.15, 0.2) is 158 Å². The quantitative estimate of drug-likeness (QED) is 0.0496. The smallest absolute Gasteiger partial charge is 0.229 e. The summed E-state index contributed by atoms with van der Waals surface area (Å²) < 4.78 is 4.91. The van der Waals surface area contributed by atoms with Gasteiger partial charge in [-0.1, -0.05) is 65.7 Å². The molecular weight excluding hydrogens is 1240 g/mol. The van der Waals surface area contributed by atoms with Gasteiger partial charge in [0.05, 0.1) is 40.6 Å². The van der Waals surface area contributed by atoms with Crippen LogP contribution in [-0.4, -0.2) is 95.0 Å². The Morgan fingerprint density at radius 1 is 0.452 bits per heavy atom. The lowest BCUT2D eigenvalue weighted by molar-refractivity contribution is -0.117. The van der Waals surface area contributed by atoms with Gasteiger partial charge in [0.15, 0.2) is 11.5 Å². The number of carbonyl (C=O) groups is 8. The second kappa shape index (κ2) is 38.3. The molecule has 0 radical (unpaired) electrons. The number of para-hydroxylation sites is 2. The number of Topliss-reactive ketones (excluding diaryl/α,β-unsaturated/α-hetero) is 2. The van der Waals surface area contributed by atoms with E-state index < -0.39 is 0 Å². The third-order valence-corrected chi connectivity index (χ3v) is 12.4. The molecule has 25 heteroatoms. The number of hydrogen-bond donors (Lipinski definition) is 14. The minimum atomic E-state index is -0.261. The number of carbonyl (C=O) groups excluding carboxylic acids is 8. The Kier molecular flexibility index (Phi) is 31.3. The number of anilines is 6. The highest BCUT2D eigenvalue weighted by molar-refractivity contribution is 6.37. The maximum Gasteiger partial charge on any atom is 0.229 e. The molecule has 1 aliphatic heterocycles. The summed E-state index contributed by atoms with van der Waals surface area (Å²) in [5.74, 6) is 0.730. The average Bonchev–Trinajstić information content (AvgIpc) is 1.77. The molecule has 0 fully saturated rings. The molecule has 8 aromatic carbocycles. The molecule has 0 atom stereocenters. The first kappa shape index (κ1) is 75.9. The molecular formula is C68H72Cl2N6O17. The predicted octanol–water partition coefficient (Wildman–Crippen LogP) is 11.8. The van der Waals surface area contributed by atoms with Gasteiger partial charge < -0.3 is 77.5 Å². The van der Waals surface area contributed by atoms with E-state index in [0.29, 0.717) is 65.4 Å². The Balaban J connectivity index is 0.000000277. The Morgan fingerprint density at radius 2 is 0.989 bits per heavy atom. The first-order valence-electron chi connectivity index (χ1n) is 27.8. The summed E-state index contributed by atoms with van der Waals surface area (Å²) in [6.45, 7) is 10.4. The van der Waals surface area contributed by atoms with Crippen molar-refractivity contribution in [3.8, 4) is 51.7 Å². The van der Waals surface area contributed by atoms with E-state index in [0.717, 1.165) is 27.9 Å². The maximum atomic E-state index is 10.9. The van der Waals surface area contributed by atoms with Crippen LogP contribution in [0.1, 0.15) is 69.4 Å². The van der Waals surface area contributed by atoms with E-state index in [1.807, 2.05) is 13.0 Å². The summed E-state index contributed by atoms with van der Waals surface area (Å²) in [5.41, 5.74) is 7.88. The number of ketones is 2. The van der Waals surface area contributed by atoms with Crippen molar-refractivity contribution >= 4 is 104 Å². The van der Waals surface area contributed by atoms with Crippen molar-refractivity contribution in [1.29, 1.82) is 0 Å². The van der Waals surface area contributed by atoms with Crippen molar-refractivity contribution < 1.29 is 83.9 Å². The largest absolute Gasteiger partial charge is 0.508 e. The molecule has 0 spiro atoms. The standard InChI is InChI=1S/C10H12O3.C9H11NO2.C9H8O2.C8H7Cl2NO2.C8H7NO2.3C8H9NO2/c1-7(11)5-8-3-4-9(12)10(6-8)13-2;1-6-3-4-9(12)8(5-6)10-7(2)11;10-8-2-1-6-3-9(11)5-7(6)4-8;1-4(12)11-7-3-8(13)6(10)2-5(7)9;10-7-3-1-2-6-5(7)4-8(11)9-6;1-6(10)9-7-2-4-8(11)5-3-7;1-6(10)9-7-3-2-4-8(11)5-7;1-6(10)9-7-4-2-3-5-8(7)11/h3-4,6,12H,5H2,1-2H3;3-5,12H,1-2H3,(H,10,11);1-2,4,10H,3,5H2;2-3,13H,1H3,(H,11,12);1-3,10H,4H2,(H,9,11);3*2-5,11H,1H3,(H,9,10). The normalized spacial score (nSPS) is 10.7. The SMILES string of the molecule is CC(=O)Nc1cc(C)ccc1O.CC(=O)Nc1cc(O)c(Cl)cc1Cl.CC(=O)Nc1ccc(O)cc1.CC(=O)Nc1cccc(O)c1.CC(=O)Nc1ccccc1O.COc1cc(CC(C)=O)ccc1O.O=C1Cc2c(O)cccc2N1.O=C1Cc2ccc(O)cc2C1. The van der Waals surface area contributed by atoms with Gasteiger partial charge in [-0.2, -0.15) is 0 Å². The van der Waals surface area contributed by atoms with Crippen molar-refractivity contribution in [2.45, 2.75) is 74.1 Å². The molecule has 8 aromatic rings. The second-order valence-corrected chi connectivity index (χ2v) is 20.9. The fraction of sp³-hybridized carbons (Fsp3) is 0.176. The summed E-state index contributed by atoms with van der Waals surface area (Å²) in [4.78, 5) is 85.5. The Bertz CT molecular complexity index is 3920. The Morgan fingerprint density at radius 3 is 1.58 bits per heavy atom. The van der Waals surface area contributed by atoms with Crippen LogP contribution in [0.3, 0.4) is 0 Å². The zero-order valence-corrected chi connectivity index (χ0v) is 53.4. The summed E-state index contributed by atoms with van der Waals surface area (Å²) >= 11 is 11.3. The number of amides is 6. The number of phenolic OH excluding ortho intramolecular Hbond substituents is 8. The molecule has 2 aliphatic rings. The van der Waals surface area contributed by atoms with E-state index in [1.54, 1.807) is 109 Å². The fourth-order valence-electron chi connectivity index (χ4n) is 7.86. The topological polar surface area (TPSA) is 380 Å². The Labute approximate surface area is 546 Å². The molecule has 10 rings (SSSR count). The predicted molar refractivity (Wildman–Crippen MR) is 357 cm³/mol. The molecule has 0 saturated carbocycles. The van der Waals surface area contributed by atoms with Crippen LogP contribution in [0.25, 0.3) is 0 Å². The number of rotatable bonds is 8. The van der Waals surface area contributed by atoms with Crippen LogP contribution in [0.5, 0.6) is 51.7 Å². The first-order valence-corrected chi connectivity index (χ1v) is 28.6. The molecule has 14 N–H and O–H groups in total. The van der Waals surface area contributed by atoms with E-state index in [1.165, 1.54) is 91.1 Å². The molecule has 0 saturated heterocycles. The van der Waals surface area contributed by atoms with Crippen molar-refractivity contribution in [1.82, 2.24) is 0 Å². The summed E-state index contributed by atoms with van der Waals surface area (Å²) in [7, 11) is 1.48. The van der Waals surface area contributed by atoms with E-state index in [9.17, 15) is 58.8 Å². The number of methoxy groups -OCH3 is 1.